The minimum Gasteiger partial charge on any atom is -0.532 e. The number of para-hydroxylation sites is 1. The Hall–Kier alpha value is -2.01. The zero-order valence-electron chi connectivity index (χ0n) is 15.7. The average molecular weight is 346 g/mol. The molecule has 0 aliphatic rings. The number of carbonyl (C=O) groups is 1. The first-order valence-corrected chi connectivity index (χ1v) is 11.5. The van der Waals surface area contributed by atoms with E-state index < -0.39 is 20.0 Å². The van der Waals surface area contributed by atoms with Gasteiger partial charge in [-0.1, -0.05) is 24.8 Å². The van der Waals surface area contributed by atoms with E-state index in [9.17, 15) is 4.79 Å². The number of carbonyl (C=O) groups excluding carboxylic acids is 1. The maximum atomic E-state index is 12.9. The van der Waals surface area contributed by atoms with Gasteiger partial charge < -0.3 is 9.16 Å². The molecule has 2 rings (SSSR count). The molecule has 0 N–H and O–H groups in total. The standard InChI is InChI=1S/C19H27NO3Si/c1-13(2)16-14-11-9-10-12-15(14)20(17(16)23-24(6,7)8)18(21)22-19(3,4)5/h9-12H,1H2,2-8H3. The molecule has 0 saturated carbocycles. The van der Waals surface area contributed by atoms with Gasteiger partial charge in [0.15, 0.2) is 5.88 Å². The Kier molecular flexibility index (Phi) is 4.68. The summed E-state index contributed by atoms with van der Waals surface area (Å²) in [6.45, 7) is 17.9. The summed E-state index contributed by atoms with van der Waals surface area (Å²) in [5.74, 6) is 0.539. The van der Waals surface area contributed by atoms with Crippen molar-refractivity contribution in [3.8, 4) is 5.88 Å². The van der Waals surface area contributed by atoms with Gasteiger partial charge in [0.1, 0.15) is 5.60 Å². The van der Waals surface area contributed by atoms with Crippen molar-refractivity contribution in [3.05, 3.63) is 36.4 Å². The number of aromatic nitrogens is 1. The molecule has 0 spiro atoms. The molecule has 4 nitrogen and oxygen atoms in total. The Morgan fingerprint density at radius 3 is 2.25 bits per heavy atom. The summed E-state index contributed by atoms with van der Waals surface area (Å²) in [4.78, 5) is 12.9. The van der Waals surface area contributed by atoms with E-state index in [4.69, 9.17) is 9.16 Å². The van der Waals surface area contributed by atoms with Gasteiger partial charge in [-0.3, -0.25) is 0 Å². The Morgan fingerprint density at radius 2 is 1.75 bits per heavy atom. The molecule has 0 fully saturated rings. The van der Waals surface area contributed by atoms with Crippen molar-refractivity contribution < 1.29 is 14.0 Å². The lowest BCUT2D eigenvalue weighted by Gasteiger charge is -2.24. The molecule has 2 aromatic rings. The molecule has 1 heterocycles. The highest BCUT2D eigenvalue weighted by atomic mass is 28.4. The van der Waals surface area contributed by atoms with Gasteiger partial charge in [0.05, 0.1) is 5.52 Å². The third-order valence-electron chi connectivity index (χ3n) is 3.24. The van der Waals surface area contributed by atoms with Gasteiger partial charge in [0.25, 0.3) is 0 Å². The van der Waals surface area contributed by atoms with E-state index in [1.54, 1.807) is 4.57 Å². The fourth-order valence-electron chi connectivity index (χ4n) is 2.50. The van der Waals surface area contributed by atoms with Crippen LogP contribution in [0.25, 0.3) is 16.5 Å². The number of benzene rings is 1. The van der Waals surface area contributed by atoms with E-state index in [1.165, 1.54) is 0 Å². The van der Waals surface area contributed by atoms with Gasteiger partial charge in [0.2, 0.25) is 8.32 Å². The second kappa shape index (κ2) is 6.13. The Labute approximate surface area is 145 Å². The molecule has 130 valence electrons. The summed E-state index contributed by atoms with van der Waals surface area (Å²) in [7, 11) is -1.94. The molecule has 1 aromatic heterocycles. The summed E-state index contributed by atoms with van der Waals surface area (Å²) in [5.41, 5.74) is 1.93. The first-order valence-electron chi connectivity index (χ1n) is 8.12. The number of fused-ring (bicyclic) bond motifs is 1. The highest BCUT2D eigenvalue weighted by Gasteiger charge is 2.29. The molecule has 0 radical (unpaired) electrons. The molecular formula is C19H27NO3Si. The van der Waals surface area contributed by atoms with Gasteiger partial charge in [-0.15, -0.1) is 0 Å². The van der Waals surface area contributed by atoms with Crippen molar-refractivity contribution in [1.29, 1.82) is 0 Å². The molecule has 0 aliphatic heterocycles. The van der Waals surface area contributed by atoms with Crippen molar-refractivity contribution >= 4 is 30.9 Å². The third kappa shape index (κ3) is 3.90. The largest absolute Gasteiger partial charge is 0.532 e. The number of hydrogen-bond donors (Lipinski definition) is 0. The van der Waals surface area contributed by atoms with Crippen LogP contribution in [-0.2, 0) is 4.74 Å². The molecule has 0 aliphatic carbocycles. The van der Waals surface area contributed by atoms with Crippen molar-refractivity contribution in [3.63, 3.8) is 0 Å². The van der Waals surface area contributed by atoms with Crippen LogP contribution in [0.15, 0.2) is 30.8 Å². The average Bonchev–Trinajstić information content (AvgIpc) is 2.67. The highest BCUT2D eigenvalue weighted by Crippen LogP contribution is 2.38. The topological polar surface area (TPSA) is 40.5 Å². The van der Waals surface area contributed by atoms with E-state index in [1.807, 2.05) is 52.0 Å². The van der Waals surface area contributed by atoms with Crippen molar-refractivity contribution in [2.75, 3.05) is 0 Å². The molecule has 5 heteroatoms. The lowest BCUT2D eigenvalue weighted by Crippen LogP contribution is -2.33. The molecule has 0 saturated heterocycles. The van der Waals surface area contributed by atoms with Crippen molar-refractivity contribution in [2.45, 2.75) is 52.9 Å². The van der Waals surface area contributed by atoms with Crippen LogP contribution < -0.4 is 4.43 Å². The fraction of sp³-hybridized carbons (Fsp3) is 0.421. The second-order valence-corrected chi connectivity index (χ2v) is 12.4. The summed E-state index contributed by atoms with van der Waals surface area (Å²) < 4.78 is 13.4. The van der Waals surface area contributed by atoms with E-state index >= 15 is 0 Å². The molecule has 1 aromatic carbocycles. The Bertz CT molecular complexity index is 791. The van der Waals surface area contributed by atoms with E-state index in [-0.39, 0.29) is 0 Å². The molecule has 0 unspecified atom stereocenters. The number of nitrogens with zero attached hydrogens (tertiary/aromatic N) is 1. The molecular weight excluding hydrogens is 318 g/mol. The second-order valence-electron chi connectivity index (χ2n) is 8.01. The quantitative estimate of drug-likeness (QED) is 0.673. The van der Waals surface area contributed by atoms with Crippen LogP contribution >= 0.6 is 0 Å². The van der Waals surface area contributed by atoms with Gasteiger partial charge in [-0.05, 0) is 59.0 Å². The Morgan fingerprint density at radius 1 is 1.17 bits per heavy atom. The van der Waals surface area contributed by atoms with E-state index in [2.05, 4.69) is 26.2 Å². The SMILES string of the molecule is C=C(C)c1c(O[Si](C)(C)C)n(C(=O)OC(C)(C)C)c2ccccc12. The summed E-state index contributed by atoms with van der Waals surface area (Å²) >= 11 is 0. The van der Waals surface area contributed by atoms with Crippen LogP contribution in [-0.4, -0.2) is 24.6 Å². The highest BCUT2D eigenvalue weighted by molar-refractivity contribution is 6.70. The first kappa shape index (κ1) is 18.3. The van der Waals surface area contributed by atoms with Crippen LogP contribution in [0.1, 0.15) is 33.3 Å². The number of hydrogen-bond acceptors (Lipinski definition) is 3. The summed E-state index contributed by atoms with van der Waals surface area (Å²) in [6, 6.07) is 7.75. The minimum absolute atomic E-state index is 0.431. The zero-order valence-corrected chi connectivity index (χ0v) is 16.7. The maximum Gasteiger partial charge on any atom is 0.421 e. The van der Waals surface area contributed by atoms with Crippen molar-refractivity contribution in [2.24, 2.45) is 0 Å². The molecule has 0 bridgehead atoms. The van der Waals surface area contributed by atoms with Gasteiger partial charge >= 0.3 is 6.09 Å². The molecule has 0 amide bonds. The first-order chi connectivity index (χ1) is 10.9. The third-order valence-corrected chi connectivity index (χ3v) is 4.04. The predicted octanol–water partition coefficient (Wildman–Crippen LogP) is 5.67. The number of ether oxygens (including phenoxy) is 1. The van der Waals surface area contributed by atoms with E-state index in [0.717, 1.165) is 22.0 Å². The van der Waals surface area contributed by atoms with Crippen LogP contribution in [0.2, 0.25) is 19.6 Å². The van der Waals surface area contributed by atoms with Crippen LogP contribution in [0, 0.1) is 0 Å². The number of rotatable bonds is 3. The minimum atomic E-state index is -1.94. The predicted molar refractivity (Wildman–Crippen MR) is 102 cm³/mol. The molecule has 0 atom stereocenters. The normalized spacial score (nSPS) is 12.3. The van der Waals surface area contributed by atoms with Gasteiger partial charge in [-0.2, -0.15) is 0 Å². The number of allylic oxidation sites excluding steroid dienone is 1. The summed E-state index contributed by atoms with van der Waals surface area (Å²) in [6.07, 6.45) is -0.431. The fourth-order valence-corrected chi connectivity index (χ4v) is 3.28. The monoisotopic (exact) mass is 345 g/mol. The van der Waals surface area contributed by atoms with Crippen molar-refractivity contribution in [1.82, 2.24) is 4.57 Å². The van der Waals surface area contributed by atoms with Gasteiger partial charge in [0, 0.05) is 10.9 Å². The summed E-state index contributed by atoms with van der Waals surface area (Å²) in [5, 5.41) is 0.948. The molecule has 24 heavy (non-hydrogen) atoms. The maximum absolute atomic E-state index is 12.9. The van der Waals surface area contributed by atoms with Crippen LogP contribution in [0.3, 0.4) is 0 Å². The zero-order chi connectivity index (χ0) is 18.3. The van der Waals surface area contributed by atoms with E-state index in [0.29, 0.717) is 5.88 Å². The van der Waals surface area contributed by atoms with Crippen LogP contribution in [0.4, 0.5) is 4.79 Å². The smallest absolute Gasteiger partial charge is 0.421 e. The lowest BCUT2D eigenvalue weighted by atomic mass is 10.1. The van der Waals surface area contributed by atoms with Gasteiger partial charge in [-0.25, -0.2) is 9.36 Å². The Balaban J connectivity index is 2.78. The van der Waals surface area contributed by atoms with Crippen LogP contribution in [0.5, 0.6) is 5.88 Å². The lowest BCUT2D eigenvalue weighted by molar-refractivity contribution is 0.0537.